The van der Waals surface area contributed by atoms with Crippen molar-refractivity contribution in [1.82, 2.24) is 0 Å². The maximum absolute atomic E-state index is 12.7. The van der Waals surface area contributed by atoms with Gasteiger partial charge in [-0.3, -0.25) is 0 Å². The zero-order chi connectivity index (χ0) is 14.0. The summed E-state index contributed by atoms with van der Waals surface area (Å²) in [6.07, 6.45) is -4.44. The van der Waals surface area contributed by atoms with Crippen molar-refractivity contribution in [3.63, 3.8) is 0 Å². The molecule has 2 aromatic rings. The Balaban J connectivity index is 2.29. The summed E-state index contributed by atoms with van der Waals surface area (Å²) in [5, 5.41) is 0.581. The van der Waals surface area contributed by atoms with E-state index in [1.165, 1.54) is 17.8 Å². The minimum absolute atomic E-state index is 0.270. The van der Waals surface area contributed by atoms with Gasteiger partial charge in [0.1, 0.15) is 0 Å². The Bertz CT molecular complexity index is 581. The molecule has 0 atom stereocenters. The van der Waals surface area contributed by atoms with E-state index in [1.807, 2.05) is 0 Å². The van der Waals surface area contributed by atoms with E-state index < -0.39 is 11.7 Å². The molecule has 2 N–H and O–H groups in total. The first kappa shape index (κ1) is 14.1. The Labute approximate surface area is 117 Å². The summed E-state index contributed by atoms with van der Waals surface area (Å²) < 4.78 is 38.1. The minimum atomic E-state index is -4.44. The lowest BCUT2D eigenvalue weighted by Crippen LogP contribution is -2.08. The molecule has 0 fully saturated rings. The second-order valence-electron chi connectivity index (χ2n) is 3.80. The summed E-state index contributed by atoms with van der Waals surface area (Å²) in [5.74, 6) is 0. The number of benzene rings is 2. The first-order valence-electron chi connectivity index (χ1n) is 5.26. The fraction of sp³-hybridized carbons (Fsp3) is 0.0769. The number of halogens is 4. The molecule has 0 bridgehead atoms. The molecule has 100 valence electrons. The van der Waals surface area contributed by atoms with E-state index in [2.05, 4.69) is 0 Å². The van der Waals surface area contributed by atoms with E-state index >= 15 is 0 Å². The lowest BCUT2D eigenvalue weighted by molar-refractivity contribution is -0.137. The molecule has 19 heavy (non-hydrogen) atoms. The average Bonchev–Trinajstić information content (AvgIpc) is 2.33. The van der Waals surface area contributed by atoms with Crippen molar-refractivity contribution in [3.05, 3.63) is 53.1 Å². The highest BCUT2D eigenvalue weighted by molar-refractivity contribution is 7.99. The van der Waals surface area contributed by atoms with Crippen LogP contribution in [0, 0.1) is 0 Å². The van der Waals surface area contributed by atoms with E-state index in [1.54, 1.807) is 30.3 Å². The first-order chi connectivity index (χ1) is 8.86. The van der Waals surface area contributed by atoms with Gasteiger partial charge in [0.05, 0.1) is 5.56 Å². The molecule has 0 aliphatic rings. The maximum atomic E-state index is 12.7. The molecule has 0 spiro atoms. The van der Waals surface area contributed by atoms with Crippen molar-refractivity contribution in [3.8, 4) is 0 Å². The molecule has 2 rings (SSSR count). The van der Waals surface area contributed by atoms with Gasteiger partial charge in [-0.15, -0.1) is 0 Å². The third-order valence-corrected chi connectivity index (χ3v) is 3.63. The molecule has 0 aromatic heterocycles. The number of hydrogen-bond donors (Lipinski definition) is 1. The molecular formula is C13H9ClF3NS. The van der Waals surface area contributed by atoms with Crippen LogP contribution in [0.3, 0.4) is 0 Å². The standard InChI is InChI=1S/C13H9ClF3NS/c14-8-1-3-9(4-2-8)19-10-5-6-12(18)11(7-10)13(15,16)17/h1-7H,18H2. The molecule has 6 heteroatoms. The summed E-state index contributed by atoms with van der Waals surface area (Å²) in [6.45, 7) is 0. The average molecular weight is 304 g/mol. The fourth-order valence-electron chi connectivity index (χ4n) is 1.48. The van der Waals surface area contributed by atoms with Gasteiger partial charge in [0, 0.05) is 20.5 Å². The number of hydrogen-bond acceptors (Lipinski definition) is 2. The minimum Gasteiger partial charge on any atom is -0.398 e. The monoisotopic (exact) mass is 303 g/mol. The van der Waals surface area contributed by atoms with E-state index in [0.717, 1.165) is 11.0 Å². The third kappa shape index (κ3) is 3.58. The second kappa shape index (κ2) is 5.35. The molecule has 0 aliphatic carbocycles. The predicted molar refractivity (Wildman–Crippen MR) is 71.4 cm³/mol. The van der Waals surface area contributed by atoms with E-state index in [4.69, 9.17) is 17.3 Å². The largest absolute Gasteiger partial charge is 0.418 e. The molecule has 0 saturated heterocycles. The molecule has 0 heterocycles. The SMILES string of the molecule is Nc1ccc(Sc2ccc(Cl)cc2)cc1C(F)(F)F. The fourth-order valence-corrected chi connectivity index (χ4v) is 2.47. The van der Waals surface area contributed by atoms with Gasteiger partial charge in [0.15, 0.2) is 0 Å². The molecule has 0 radical (unpaired) electrons. The number of nitrogen functional groups attached to an aromatic ring is 1. The molecular weight excluding hydrogens is 295 g/mol. The normalized spacial score (nSPS) is 11.6. The van der Waals surface area contributed by atoms with Crippen LogP contribution in [0.15, 0.2) is 52.3 Å². The van der Waals surface area contributed by atoms with Gasteiger partial charge in [-0.1, -0.05) is 23.4 Å². The quantitative estimate of drug-likeness (QED) is 0.782. The van der Waals surface area contributed by atoms with Crippen molar-refractivity contribution in [1.29, 1.82) is 0 Å². The summed E-state index contributed by atoms with van der Waals surface area (Å²) in [6, 6.07) is 10.7. The molecule has 0 saturated carbocycles. The van der Waals surface area contributed by atoms with Crippen LogP contribution in [0.5, 0.6) is 0 Å². The van der Waals surface area contributed by atoms with Gasteiger partial charge in [0.25, 0.3) is 0 Å². The first-order valence-corrected chi connectivity index (χ1v) is 6.46. The Morgan fingerprint density at radius 3 is 2.11 bits per heavy atom. The van der Waals surface area contributed by atoms with Gasteiger partial charge in [-0.2, -0.15) is 13.2 Å². The predicted octanol–water partition coefficient (Wildman–Crippen LogP) is 5.09. The van der Waals surface area contributed by atoms with Gasteiger partial charge >= 0.3 is 6.18 Å². The van der Waals surface area contributed by atoms with E-state index in [9.17, 15) is 13.2 Å². The zero-order valence-electron chi connectivity index (χ0n) is 9.54. The zero-order valence-corrected chi connectivity index (χ0v) is 11.1. The maximum Gasteiger partial charge on any atom is 0.418 e. The van der Waals surface area contributed by atoms with Crippen LogP contribution < -0.4 is 5.73 Å². The topological polar surface area (TPSA) is 26.0 Å². The molecule has 0 amide bonds. The highest BCUT2D eigenvalue weighted by atomic mass is 35.5. The molecule has 2 aromatic carbocycles. The van der Waals surface area contributed by atoms with Gasteiger partial charge in [-0.05, 0) is 42.5 Å². The summed E-state index contributed by atoms with van der Waals surface area (Å²) in [7, 11) is 0. The Hall–Kier alpha value is -1.33. The van der Waals surface area contributed by atoms with E-state index in [0.29, 0.717) is 9.92 Å². The third-order valence-electron chi connectivity index (χ3n) is 2.38. The second-order valence-corrected chi connectivity index (χ2v) is 5.39. The highest BCUT2D eigenvalue weighted by Crippen LogP contribution is 2.37. The molecule has 0 aliphatic heterocycles. The number of anilines is 1. The lowest BCUT2D eigenvalue weighted by atomic mass is 10.2. The number of rotatable bonds is 2. The van der Waals surface area contributed by atoms with Crippen LogP contribution in [0.2, 0.25) is 5.02 Å². The summed E-state index contributed by atoms with van der Waals surface area (Å²) >= 11 is 6.97. The Morgan fingerprint density at radius 1 is 0.947 bits per heavy atom. The van der Waals surface area contributed by atoms with Gasteiger partial charge in [0.2, 0.25) is 0 Å². The lowest BCUT2D eigenvalue weighted by Gasteiger charge is -2.11. The van der Waals surface area contributed by atoms with Crippen molar-refractivity contribution >= 4 is 29.1 Å². The van der Waals surface area contributed by atoms with Crippen molar-refractivity contribution in [2.24, 2.45) is 0 Å². The van der Waals surface area contributed by atoms with Crippen molar-refractivity contribution < 1.29 is 13.2 Å². The Kier molecular flexibility index (Phi) is 3.96. The van der Waals surface area contributed by atoms with Crippen LogP contribution in [0.4, 0.5) is 18.9 Å². The van der Waals surface area contributed by atoms with Gasteiger partial charge < -0.3 is 5.73 Å². The Morgan fingerprint density at radius 2 is 1.53 bits per heavy atom. The molecule has 0 unspecified atom stereocenters. The number of alkyl halides is 3. The van der Waals surface area contributed by atoms with Crippen LogP contribution >= 0.6 is 23.4 Å². The van der Waals surface area contributed by atoms with Crippen LogP contribution in [-0.2, 0) is 6.18 Å². The van der Waals surface area contributed by atoms with Crippen LogP contribution in [0.25, 0.3) is 0 Å². The molecule has 1 nitrogen and oxygen atoms in total. The number of nitrogens with two attached hydrogens (primary N) is 1. The van der Waals surface area contributed by atoms with E-state index in [-0.39, 0.29) is 5.69 Å². The summed E-state index contributed by atoms with van der Waals surface area (Å²) in [4.78, 5) is 1.28. The summed E-state index contributed by atoms with van der Waals surface area (Å²) in [5.41, 5.74) is 4.26. The highest BCUT2D eigenvalue weighted by Gasteiger charge is 2.33. The van der Waals surface area contributed by atoms with Crippen LogP contribution in [0.1, 0.15) is 5.56 Å². The van der Waals surface area contributed by atoms with Crippen LogP contribution in [-0.4, -0.2) is 0 Å². The van der Waals surface area contributed by atoms with Crippen molar-refractivity contribution in [2.45, 2.75) is 16.0 Å². The van der Waals surface area contributed by atoms with Gasteiger partial charge in [-0.25, -0.2) is 0 Å². The smallest absolute Gasteiger partial charge is 0.398 e. The van der Waals surface area contributed by atoms with Crippen molar-refractivity contribution in [2.75, 3.05) is 5.73 Å².